The lowest BCUT2D eigenvalue weighted by Crippen LogP contribution is -2.51. The van der Waals surface area contributed by atoms with Gasteiger partial charge in [-0.3, -0.25) is 4.99 Å². The van der Waals surface area contributed by atoms with E-state index in [1.165, 1.54) is 11.8 Å². The number of nitrogens with zero attached hydrogens (tertiary/aromatic N) is 1. The molecule has 2 heterocycles. The highest BCUT2D eigenvalue weighted by molar-refractivity contribution is 8.00. The van der Waals surface area contributed by atoms with Gasteiger partial charge >= 0.3 is 0 Å². The molecule has 0 radical (unpaired) electrons. The van der Waals surface area contributed by atoms with Gasteiger partial charge in [0.25, 0.3) is 0 Å². The van der Waals surface area contributed by atoms with Crippen molar-refractivity contribution in [2.75, 3.05) is 13.7 Å². The van der Waals surface area contributed by atoms with Gasteiger partial charge in [0, 0.05) is 18.7 Å². The van der Waals surface area contributed by atoms with E-state index in [-0.39, 0.29) is 11.3 Å². The number of nitrogens with one attached hydrogen (secondary N) is 1. The number of aliphatic imine (C=N–C) groups is 1. The first-order valence-electron chi connectivity index (χ1n) is 4.99. The standard InChI is InChI=1S/C9H15FN2O2S/c1-11-6-2-4-7(12-6)9(14)8(13)5(3-10)15-4/h4-5,7-9,13-14H,2-3H2,1H3,(H,11,12)/t4-,5-,7+,8-,9-/m1/s1. The molecular formula is C9H15FN2O2S. The van der Waals surface area contributed by atoms with Crippen LogP contribution in [0.15, 0.2) is 4.99 Å². The van der Waals surface area contributed by atoms with Crippen LogP contribution in [0.1, 0.15) is 6.42 Å². The predicted octanol–water partition coefficient (Wildman–Crippen LogP) is -0.448. The number of fused-ring (bicyclic) bond motifs is 1. The van der Waals surface area contributed by atoms with Gasteiger partial charge < -0.3 is 15.5 Å². The number of rotatable bonds is 1. The second-order valence-corrected chi connectivity index (χ2v) is 5.35. The fraction of sp³-hybridized carbons (Fsp3) is 0.889. The van der Waals surface area contributed by atoms with E-state index in [1.54, 1.807) is 7.05 Å². The fourth-order valence-electron chi connectivity index (χ4n) is 2.07. The highest BCUT2D eigenvalue weighted by Crippen LogP contribution is 2.39. The first-order chi connectivity index (χ1) is 7.17. The van der Waals surface area contributed by atoms with E-state index in [9.17, 15) is 14.6 Å². The molecular weight excluding hydrogens is 219 g/mol. The molecule has 1 saturated heterocycles. The zero-order valence-corrected chi connectivity index (χ0v) is 9.25. The summed E-state index contributed by atoms with van der Waals surface area (Å²) in [6.07, 6.45) is -1.24. The van der Waals surface area contributed by atoms with Crippen LogP contribution in [0.2, 0.25) is 0 Å². The molecule has 0 aromatic heterocycles. The third-order valence-corrected chi connectivity index (χ3v) is 4.50. The van der Waals surface area contributed by atoms with Crippen LogP contribution < -0.4 is 5.32 Å². The van der Waals surface area contributed by atoms with E-state index < -0.39 is 24.1 Å². The number of amidine groups is 1. The van der Waals surface area contributed by atoms with Crippen molar-refractivity contribution < 1.29 is 14.6 Å². The largest absolute Gasteiger partial charge is 0.389 e. The first kappa shape index (κ1) is 11.2. The Balaban J connectivity index is 2.12. The molecule has 86 valence electrons. The summed E-state index contributed by atoms with van der Waals surface area (Å²) in [7, 11) is 1.77. The highest BCUT2D eigenvalue weighted by Gasteiger charge is 2.46. The number of alkyl halides is 1. The monoisotopic (exact) mass is 234 g/mol. The van der Waals surface area contributed by atoms with Gasteiger partial charge in [-0.2, -0.15) is 0 Å². The Labute approximate surface area is 92.0 Å². The van der Waals surface area contributed by atoms with Gasteiger partial charge in [0.1, 0.15) is 12.8 Å². The summed E-state index contributed by atoms with van der Waals surface area (Å²) in [6, 6.07) is -0.296. The highest BCUT2D eigenvalue weighted by atomic mass is 32.2. The van der Waals surface area contributed by atoms with Crippen LogP contribution in [-0.2, 0) is 0 Å². The Kier molecular flexibility index (Phi) is 3.18. The van der Waals surface area contributed by atoms with Crippen LogP contribution in [0.3, 0.4) is 0 Å². The molecule has 0 aliphatic carbocycles. The quantitative estimate of drug-likeness (QED) is 0.575. The van der Waals surface area contributed by atoms with Crippen LogP contribution in [0.4, 0.5) is 4.39 Å². The van der Waals surface area contributed by atoms with Crippen molar-refractivity contribution in [1.82, 2.24) is 5.32 Å². The number of hydrogen-bond donors (Lipinski definition) is 3. The predicted molar refractivity (Wildman–Crippen MR) is 58.1 cm³/mol. The minimum absolute atomic E-state index is 0.0894. The van der Waals surface area contributed by atoms with E-state index in [0.29, 0.717) is 6.42 Å². The number of halogens is 1. The SMILES string of the molecule is CNC1=N[C@@H]2[C@@H](O)[C@H](O)[C@@H](CF)S[C@@H]2C1. The molecule has 0 spiro atoms. The Hall–Kier alpha value is -0.330. The molecule has 0 aromatic rings. The molecule has 6 heteroatoms. The minimum atomic E-state index is -1.01. The molecule has 0 saturated carbocycles. The lowest BCUT2D eigenvalue weighted by atomic mass is 10.00. The summed E-state index contributed by atoms with van der Waals surface area (Å²) in [5.74, 6) is 0.822. The molecule has 0 unspecified atom stereocenters. The van der Waals surface area contributed by atoms with Crippen LogP contribution in [0.5, 0.6) is 0 Å². The second kappa shape index (κ2) is 4.27. The van der Waals surface area contributed by atoms with Crippen LogP contribution in [-0.4, -0.2) is 58.5 Å². The van der Waals surface area contributed by atoms with E-state index in [4.69, 9.17) is 0 Å². The van der Waals surface area contributed by atoms with E-state index in [0.717, 1.165) is 5.84 Å². The number of aliphatic hydroxyl groups excluding tert-OH is 2. The van der Waals surface area contributed by atoms with Crippen LogP contribution in [0.25, 0.3) is 0 Å². The molecule has 4 nitrogen and oxygen atoms in total. The van der Waals surface area contributed by atoms with Gasteiger partial charge in [-0.1, -0.05) is 0 Å². The second-order valence-electron chi connectivity index (χ2n) is 3.87. The van der Waals surface area contributed by atoms with Crippen molar-refractivity contribution in [3.8, 4) is 0 Å². The summed E-state index contributed by atoms with van der Waals surface area (Å²) in [5, 5.41) is 21.9. The molecule has 2 aliphatic heterocycles. The maximum Gasteiger partial charge on any atom is 0.105 e. The summed E-state index contributed by atoms with van der Waals surface area (Å²) >= 11 is 1.39. The summed E-state index contributed by atoms with van der Waals surface area (Å²) in [6.45, 7) is -0.610. The van der Waals surface area contributed by atoms with Crippen LogP contribution >= 0.6 is 11.8 Å². The summed E-state index contributed by atoms with van der Waals surface area (Å²) in [4.78, 5) is 4.28. The van der Waals surface area contributed by atoms with Crippen molar-refractivity contribution >= 4 is 17.6 Å². The normalized spacial score (nSPS) is 44.8. The average molecular weight is 234 g/mol. The first-order valence-corrected chi connectivity index (χ1v) is 5.93. The molecule has 3 N–H and O–H groups in total. The van der Waals surface area contributed by atoms with Gasteiger partial charge in [-0.25, -0.2) is 4.39 Å². The average Bonchev–Trinajstić information content (AvgIpc) is 2.66. The van der Waals surface area contributed by atoms with E-state index in [2.05, 4.69) is 10.3 Å². The Morgan fingerprint density at radius 3 is 2.87 bits per heavy atom. The van der Waals surface area contributed by atoms with E-state index >= 15 is 0 Å². The van der Waals surface area contributed by atoms with Crippen molar-refractivity contribution in [2.24, 2.45) is 4.99 Å². The molecule has 2 aliphatic rings. The molecule has 1 fully saturated rings. The third kappa shape index (κ3) is 1.86. The molecule has 15 heavy (non-hydrogen) atoms. The van der Waals surface area contributed by atoms with Gasteiger partial charge in [0.2, 0.25) is 0 Å². The third-order valence-electron chi connectivity index (χ3n) is 2.95. The number of hydrogen-bond acceptors (Lipinski definition) is 5. The van der Waals surface area contributed by atoms with Crippen LogP contribution in [0, 0.1) is 0 Å². The molecule has 0 bridgehead atoms. The number of thioether (sulfide) groups is 1. The Bertz CT molecular complexity index is 277. The van der Waals surface area contributed by atoms with Crippen molar-refractivity contribution in [3.63, 3.8) is 0 Å². The zero-order valence-electron chi connectivity index (χ0n) is 8.43. The van der Waals surface area contributed by atoms with E-state index in [1.807, 2.05) is 0 Å². The van der Waals surface area contributed by atoms with Gasteiger partial charge in [0.15, 0.2) is 0 Å². The number of aliphatic hydroxyl groups is 2. The topological polar surface area (TPSA) is 64.9 Å². The molecule has 2 rings (SSSR count). The summed E-state index contributed by atoms with van der Waals surface area (Å²) in [5.41, 5.74) is 0. The van der Waals surface area contributed by atoms with Crippen molar-refractivity contribution in [3.05, 3.63) is 0 Å². The van der Waals surface area contributed by atoms with Crippen molar-refractivity contribution in [2.45, 2.75) is 35.2 Å². The Morgan fingerprint density at radius 1 is 1.53 bits per heavy atom. The lowest BCUT2D eigenvalue weighted by molar-refractivity contribution is -0.00325. The zero-order chi connectivity index (χ0) is 11.0. The Morgan fingerprint density at radius 2 is 2.27 bits per heavy atom. The fourth-order valence-corrected chi connectivity index (χ4v) is 3.55. The van der Waals surface area contributed by atoms with Gasteiger partial charge in [-0.05, 0) is 0 Å². The smallest absolute Gasteiger partial charge is 0.105 e. The molecule has 0 amide bonds. The maximum atomic E-state index is 12.6. The lowest BCUT2D eigenvalue weighted by Gasteiger charge is -2.36. The molecule has 0 aromatic carbocycles. The van der Waals surface area contributed by atoms with Gasteiger partial charge in [-0.15, -0.1) is 11.8 Å². The molecule has 5 atom stereocenters. The van der Waals surface area contributed by atoms with Crippen molar-refractivity contribution in [1.29, 1.82) is 0 Å². The summed E-state index contributed by atoms with van der Waals surface area (Å²) < 4.78 is 12.6. The maximum absolute atomic E-state index is 12.6. The van der Waals surface area contributed by atoms with Gasteiger partial charge in [0.05, 0.1) is 23.2 Å². The minimum Gasteiger partial charge on any atom is -0.389 e.